The van der Waals surface area contributed by atoms with Crippen molar-refractivity contribution < 1.29 is 9.59 Å². The molecule has 0 aliphatic carbocycles. The number of Topliss-reactive ketones (excluding diaryl/α,β-unsaturated/α-hetero) is 2. The molecule has 0 aliphatic rings. The maximum absolute atomic E-state index is 12.2. The second kappa shape index (κ2) is 5.10. The standard InChI is InChI=1S/C15H14N2O2/c1-11(18)15(12(2)19,13-7-3-5-9-16-13)14-8-4-6-10-17-14/h3-10H,1-2H3. The van der Waals surface area contributed by atoms with Crippen LogP contribution < -0.4 is 0 Å². The normalized spacial score (nSPS) is 11.1. The number of carbonyl (C=O) groups is 2. The summed E-state index contributed by atoms with van der Waals surface area (Å²) in [6.45, 7) is 2.79. The highest BCUT2D eigenvalue weighted by molar-refractivity contribution is 6.13. The van der Waals surface area contributed by atoms with Crippen molar-refractivity contribution >= 4 is 11.6 Å². The lowest BCUT2D eigenvalue weighted by atomic mass is 9.73. The first kappa shape index (κ1) is 13.1. The Morgan fingerprint density at radius 1 is 0.842 bits per heavy atom. The lowest BCUT2D eigenvalue weighted by molar-refractivity contribution is -0.131. The minimum atomic E-state index is -1.41. The fourth-order valence-corrected chi connectivity index (χ4v) is 2.27. The van der Waals surface area contributed by atoms with Gasteiger partial charge in [-0.3, -0.25) is 19.6 Å². The molecule has 0 aromatic carbocycles. The van der Waals surface area contributed by atoms with Gasteiger partial charge in [0.25, 0.3) is 0 Å². The van der Waals surface area contributed by atoms with Crippen LogP contribution in [0.15, 0.2) is 48.8 Å². The quantitative estimate of drug-likeness (QED) is 0.782. The molecule has 96 valence electrons. The fraction of sp³-hybridized carbons (Fsp3) is 0.200. The summed E-state index contributed by atoms with van der Waals surface area (Å²) >= 11 is 0. The van der Waals surface area contributed by atoms with Crippen LogP contribution in [-0.4, -0.2) is 21.5 Å². The summed E-state index contributed by atoms with van der Waals surface area (Å²) in [4.78, 5) is 32.8. The lowest BCUT2D eigenvalue weighted by Gasteiger charge is -2.27. The number of aromatic nitrogens is 2. The van der Waals surface area contributed by atoms with E-state index in [1.165, 1.54) is 13.8 Å². The van der Waals surface area contributed by atoms with Gasteiger partial charge in [0.1, 0.15) is 0 Å². The van der Waals surface area contributed by atoms with Gasteiger partial charge in [-0.05, 0) is 38.1 Å². The van der Waals surface area contributed by atoms with Gasteiger partial charge in [0.05, 0.1) is 11.4 Å². The Labute approximate surface area is 111 Å². The van der Waals surface area contributed by atoms with Crippen molar-refractivity contribution in [1.29, 1.82) is 0 Å². The number of hydrogen-bond donors (Lipinski definition) is 0. The topological polar surface area (TPSA) is 59.9 Å². The third kappa shape index (κ3) is 2.05. The zero-order chi connectivity index (χ0) is 13.9. The molecule has 19 heavy (non-hydrogen) atoms. The van der Waals surface area contributed by atoms with E-state index in [9.17, 15) is 9.59 Å². The molecule has 4 heteroatoms. The van der Waals surface area contributed by atoms with Gasteiger partial charge in [-0.1, -0.05) is 12.1 Å². The summed E-state index contributed by atoms with van der Waals surface area (Å²) in [5, 5.41) is 0. The molecule has 0 radical (unpaired) electrons. The summed E-state index contributed by atoms with van der Waals surface area (Å²) < 4.78 is 0. The van der Waals surface area contributed by atoms with Crippen molar-refractivity contribution in [3.8, 4) is 0 Å². The molecule has 0 atom stereocenters. The summed E-state index contributed by atoms with van der Waals surface area (Å²) in [5.41, 5.74) is -0.592. The van der Waals surface area contributed by atoms with E-state index < -0.39 is 5.41 Å². The molecule has 0 aliphatic heterocycles. The van der Waals surface area contributed by atoms with Crippen LogP contribution in [0.2, 0.25) is 0 Å². The van der Waals surface area contributed by atoms with Crippen LogP contribution in [0.4, 0.5) is 0 Å². The van der Waals surface area contributed by atoms with Gasteiger partial charge >= 0.3 is 0 Å². The predicted octanol–water partition coefficient (Wildman–Crippen LogP) is 1.94. The molecular formula is C15H14N2O2. The Kier molecular flexibility index (Phi) is 3.51. The molecule has 0 bridgehead atoms. The molecule has 0 fully saturated rings. The van der Waals surface area contributed by atoms with Gasteiger partial charge in [-0.2, -0.15) is 0 Å². The van der Waals surface area contributed by atoms with Crippen LogP contribution in [0, 0.1) is 0 Å². The molecule has 4 nitrogen and oxygen atoms in total. The van der Waals surface area contributed by atoms with Gasteiger partial charge in [0.15, 0.2) is 17.0 Å². The van der Waals surface area contributed by atoms with Crippen molar-refractivity contribution in [3.05, 3.63) is 60.2 Å². The van der Waals surface area contributed by atoms with E-state index in [0.717, 1.165) is 0 Å². The molecule has 0 saturated heterocycles. The molecule has 2 aromatic heterocycles. The molecule has 2 aromatic rings. The van der Waals surface area contributed by atoms with E-state index in [1.54, 1.807) is 48.8 Å². The Balaban J connectivity index is 2.77. The smallest absolute Gasteiger partial charge is 0.170 e. The van der Waals surface area contributed by atoms with Crippen LogP contribution in [0.25, 0.3) is 0 Å². The molecule has 0 spiro atoms. The van der Waals surface area contributed by atoms with Crippen LogP contribution >= 0.6 is 0 Å². The molecule has 0 N–H and O–H groups in total. The highest BCUT2D eigenvalue weighted by atomic mass is 16.2. The SMILES string of the molecule is CC(=O)C(C(C)=O)(c1ccccn1)c1ccccn1. The van der Waals surface area contributed by atoms with E-state index in [-0.39, 0.29) is 11.6 Å². The third-order valence-electron chi connectivity index (χ3n) is 3.15. The first-order valence-electron chi connectivity index (χ1n) is 5.95. The van der Waals surface area contributed by atoms with E-state index in [0.29, 0.717) is 11.4 Å². The molecule has 2 rings (SSSR count). The number of rotatable bonds is 4. The van der Waals surface area contributed by atoms with Gasteiger partial charge in [-0.25, -0.2) is 0 Å². The average Bonchev–Trinajstić information content (AvgIpc) is 2.41. The zero-order valence-corrected chi connectivity index (χ0v) is 10.8. The molecular weight excluding hydrogens is 240 g/mol. The van der Waals surface area contributed by atoms with Crippen LogP contribution in [0.1, 0.15) is 25.2 Å². The Hall–Kier alpha value is -2.36. The predicted molar refractivity (Wildman–Crippen MR) is 70.6 cm³/mol. The van der Waals surface area contributed by atoms with Crippen LogP contribution in [-0.2, 0) is 15.0 Å². The fourth-order valence-electron chi connectivity index (χ4n) is 2.27. The van der Waals surface area contributed by atoms with Crippen molar-refractivity contribution in [2.75, 3.05) is 0 Å². The maximum Gasteiger partial charge on any atom is 0.170 e. The summed E-state index contributed by atoms with van der Waals surface area (Å²) in [7, 11) is 0. The van der Waals surface area contributed by atoms with Crippen molar-refractivity contribution in [1.82, 2.24) is 9.97 Å². The minimum Gasteiger partial charge on any atom is -0.298 e. The Morgan fingerprint density at radius 2 is 1.26 bits per heavy atom. The molecule has 0 unspecified atom stereocenters. The minimum absolute atomic E-state index is 0.280. The second-order valence-electron chi connectivity index (χ2n) is 4.29. The Bertz CT molecular complexity index is 539. The van der Waals surface area contributed by atoms with Crippen molar-refractivity contribution in [2.24, 2.45) is 0 Å². The number of carbonyl (C=O) groups excluding carboxylic acids is 2. The number of nitrogens with zero attached hydrogens (tertiary/aromatic N) is 2. The van der Waals surface area contributed by atoms with Crippen LogP contribution in [0.5, 0.6) is 0 Å². The van der Waals surface area contributed by atoms with Crippen molar-refractivity contribution in [2.45, 2.75) is 19.3 Å². The van der Waals surface area contributed by atoms with E-state index in [4.69, 9.17) is 0 Å². The number of pyridine rings is 2. The molecule has 0 saturated carbocycles. The van der Waals surface area contributed by atoms with Gasteiger partial charge in [0, 0.05) is 12.4 Å². The first-order valence-corrected chi connectivity index (χ1v) is 5.95. The summed E-state index contributed by atoms with van der Waals surface area (Å²) in [6.07, 6.45) is 3.14. The second-order valence-corrected chi connectivity index (χ2v) is 4.29. The largest absolute Gasteiger partial charge is 0.298 e. The lowest BCUT2D eigenvalue weighted by Crippen LogP contribution is -2.43. The third-order valence-corrected chi connectivity index (χ3v) is 3.15. The highest BCUT2D eigenvalue weighted by Crippen LogP contribution is 2.31. The highest BCUT2D eigenvalue weighted by Gasteiger charge is 2.46. The first-order chi connectivity index (χ1) is 9.10. The molecule has 2 heterocycles. The maximum atomic E-state index is 12.2. The summed E-state index contributed by atoms with van der Waals surface area (Å²) in [5.74, 6) is -0.560. The summed E-state index contributed by atoms with van der Waals surface area (Å²) in [6, 6.07) is 10.4. The van der Waals surface area contributed by atoms with E-state index in [2.05, 4.69) is 9.97 Å². The van der Waals surface area contributed by atoms with Gasteiger partial charge in [0.2, 0.25) is 0 Å². The molecule has 0 amide bonds. The van der Waals surface area contributed by atoms with Crippen LogP contribution in [0.3, 0.4) is 0 Å². The van der Waals surface area contributed by atoms with Gasteiger partial charge in [-0.15, -0.1) is 0 Å². The Morgan fingerprint density at radius 3 is 1.53 bits per heavy atom. The number of hydrogen-bond acceptors (Lipinski definition) is 4. The monoisotopic (exact) mass is 254 g/mol. The zero-order valence-electron chi connectivity index (χ0n) is 10.8. The van der Waals surface area contributed by atoms with Crippen molar-refractivity contribution in [3.63, 3.8) is 0 Å². The van der Waals surface area contributed by atoms with E-state index in [1.807, 2.05) is 0 Å². The van der Waals surface area contributed by atoms with E-state index >= 15 is 0 Å². The average molecular weight is 254 g/mol. The number of ketones is 2. The van der Waals surface area contributed by atoms with Gasteiger partial charge < -0.3 is 0 Å².